The lowest BCUT2D eigenvalue weighted by molar-refractivity contribution is -0.384. The Kier molecular flexibility index (Phi) is 3.17. The van der Waals surface area contributed by atoms with E-state index >= 15 is 0 Å². The predicted octanol–water partition coefficient (Wildman–Crippen LogP) is 0.578. The predicted molar refractivity (Wildman–Crippen MR) is 65.7 cm³/mol. The number of carbonyl (C=O) groups is 2. The average molecular weight is 276 g/mol. The Hall–Kier alpha value is -3.23. The van der Waals surface area contributed by atoms with E-state index in [1.165, 1.54) is 12.3 Å². The highest BCUT2D eigenvalue weighted by molar-refractivity contribution is 5.91. The number of primary amides is 1. The summed E-state index contributed by atoms with van der Waals surface area (Å²) in [5.74, 6) is -2.02. The molecule has 20 heavy (non-hydrogen) atoms. The maximum absolute atomic E-state index is 11.0. The fourth-order valence-electron chi connectivity index (χ4n) is 1.58. The lowest BCUT2D eigenvalue weighted by Gasteiger charge is -2.04. The van der Waals surface area contributed by atoms with E-state index in [0.717, 1.165) is 22.9 Å². The molecule has 0 saturated carbocycles. The molecule has 1 heterocycles. The Bertz CT molecular complexity index is 721. The summed E-state index contributed by atoms with van der Waals surface area (Å²) >= 11 is 0. The first-order valence-corrected chi connectivity index (χ1v) is 5.27. The van der Waals surface area contributed by atoms with Crippen molar-refractivity contribution in [1.82, 2.24) is 9.78 Å². The van der Waals surface area contributed by atoms with Crippen LogP contribution in [0.25, 0.3) is 5.69 Å². The van der Waals surface area contributed by atoms with Gasteiger partial charge in [0.1, 0.15) is 11.4 Å². The fourth-order valence-corrected chi connectivity index (χ4v) is 1.58. The van der Waals surface area contributed by atoms with Crippen molar-refractivity contribution in [1.29, 1.82) is 0 Å². The minimum atomic E-state index is -1.23. The topological polar surface area (TPSA) is 141 Å². The van der Waals surface area contributed by atoms with E-state index in [1.807, 2.05) is 0 Å². The van der Waals surface area contributed by atoms with Gasteiger partial charge < -0.3 is 10.8 Å². The molecule has 2 aromatic rings. The third-order valence-corrected chi connectivity index (χ3v) is 2.51. The fraction of sp³-hybridized carbons (Fsp3) is 0. The smallest absolute Gasteiger partial charge is 0.335 e. The Morgan fingerprint density at radius 2 is 2.05 bits per heavy atom. The number of carbonyl (C=O) groups excluding carboxylic acids is 1. The second kappa shape index (κ2) is 4.80. The van der Waals surface area contributed by atoms with Gasteiger partial charge in [0.15, 0.2) is 0 Å². The van der Waals surface area contributed by atoms with Gasteiger partial charge in [-0.2, -0.15) is 5.10 Å². The van der Waals surface area contributed by atoms with Crippen molar-refractivity contribution in [3.63, 3.8) is 0 Å². The summed E-state index contributed by atoms with van der Waals surface area (Å²) in [7, 11) is 0. The molecule has 0 aliphatic rings. The standard InChI is InChI=1S/C11H8N4O5/c12-10(16)7-3-4-14(13-7)9-5-6(11(17)18)1-2-8(9)15(19)20/h1-5H,(H2,12,16)(H,17,18). The molecule has 2 rings (SSSR count). The summed E-state index contributed by atoms with van der Waals surface area (Å²) in [5.41, 5.74) is 4.41. The lowest BCUT2D eigenvalue weighted by atomic mass is 10.2. The quantitative estimate of drug-likeness (QED) is 0.617. The summed E-state index contributed by atoms with van der Waals surface area (Å²) in [6.07, 6.45) is 1.29. The number of rotatable bonds is 4. The number of hydrogen-bond acceptors (Lipinski definition) is 5. The zero-order valence-corrected chi connectivity index (χ0v) is 9.89. The highest BCUT2D eigenvalue weighted by Crippen LogP contribution is 2.23. The number of benzene rings is 1. The molecule has 9 nitrogen and oxygen atoms in total. The molecule has 0 aliphatic carbocycles. The van der Waals surface area contributed by atoms with Gasteiger partial charge in [0, 0.05) is 12.3 Å². The molecule has 1 aromatic heterocycles. The number of amides is 1. The maximum atomic E-state index is 11.0. The van der Waals surface area contributed by atoms with Crippen LogP contribution in [0.15, 0.2) is 30.5 Å². The van der Waals surface area contributed by atoms with Crippen molar-refractivity contribution >= 4 is 17.6 Å². The number of nitro groups is 1. The maximum Gasteiger partial charge on any atom is 0.335 e. The van der Waals surface area contributed by atoms with Crippen molar-refractivity contribution in [3.8, 4) is 5.69 Å². The highest BCUT2D eigenvalue weighted by atomic mass is 16.6. The van der Waals surface area contributed by atoms with Gasteiger partial charge in [0.25, 0.3) is 11.6 Å². The Morgan fingerprint density at radius 3 is 2.55 bits per heavy atom. The van der Waals surface area contributed by atoms with Crippen LogP contribution in [-0.2, 0) is 0 Å². The summed E-state index contributed by atoms with van der Waals surface area (Å²) in [4.78, 5) is 32.1. The van der Waals surface area contributed by atoms with Gasteiger partial charge in [-0.15, -0.1) is 0 Å². The van der Waals surface area contributed by atoms with Gasteiger partial charge in [-0.1, -0.05) is 0 Å². The van der Waals surface area contributed by atoms with Crippen LogP contribution in [0.5, 0.6) is 0 Å². The molecule has 0 atom stereocenters. The molecule has 3 N–H and O–H groups in total. The van der Waals surface area contributed by atoms with Gasteiger partial charge in [0.05, 0.1) is 10.5 Å². The minimum Gasteiger partial charge on any atom is -0.478 e. The van der Waals surface area contributed by atoms with Gasteiger partial charge in [-0.25, -0.2) is 9.48 Å². The molecule has 1 aromatic carbocycles. The molecule has 0 saturated heterocycles. The average Bonchev–Trinajstić information content (AvgIpc) is 2.87. The normalized spacial score (nSPS) is 10.2. The molecule has 102 valence electrons. The van der Waals surface area contributed by atoms with Crippen molar-refractivity contribution in [2.75, 3.05) is 0 Å². The van der Waals surface area contributed by atoms with Crippen molar-refractivity contribution in [2.45, 2.75) is 0 Å². The number of carboxylic acids is 1. The zero-order chi connectivity index (χ0) is 14.9. The lowest BCUT2D eigenvalue weighted by Crippen LogP contribution is -2.12. The van der Waals surface area contributed by atoms with Crippen LogP contribution in [0.2, 0.25) is 0 Å². The van der Waals surface area contributed by atoms with Gasteiger partial charge in [-0.05, 0) is 18.2 Å². The first-order chi connectivity index (χ1) is 9.40. The van der Waals surface area contributed by atoms with E-state index in [-0.39, 0.29) is 22.6 Å². The van der Waals surface area contributed by atoms with Crippen LogP contribution in [0, 0.1) is 10.1 Å². The van der Waals surface area contributed by atoms with Crippen molar-refractivity contribution < 1.29 is 19.6 Å². The van der Waals surface area contributed by atoms with E-state index in [9.17, 15) is 19.7 Å². The van der Waals surface area contributed by atoms with Crippen LogP contribution in [0.4, 0.5) is 5.69 Å². The van der Waals surface area contributed by atoms with Gasteiger partial charge in [-0.3, -0.25) is 14.9 Å². The van der Waals surface area contributed by atoms with Gasteiger partial charge >= 0.3 is 5.97 Å². The SMILES string of the molecule is NC(=O)c1ccn(-c2cc(C(=O)O)ccc2[N+](=O)[O-])n1. The number of hydrogen-bond donors (Lipinski definition) is 2. The molecule has 9 heteroatoms. The van der Waals surface area contributed by atoms with Crippen molar-refractivity contribution in [3.05, 3.63) is 51.8 Å². The van der Waals surface area contributed by atoms with Crippen LogP contribution in [-0.4, -0.2) is 31.7 Å². The Balaban J connectivity index is 2.62. The summed E-state index contributed by atoms with van der Waals surface area (Å²) in [5, 5.41) is 23.6. The number of nitrogens with zero attached hydrogens (tertiary/aromatic N) is 3. The number of nitro benzene ring substituents is 1. The summed E-state index contributed by atoms with van der Waals surface area (Å²) in [6.45, 7) is 0. The van der Waals surface area contributed by atoms with E-state index in [1.54, 1.807) is 0 Å². The molecule has 0 aliphatic heterocycles. The number of aromatic nitrogens is 2. The third-order valence-electron chi connectivity index (χ3n) is 2.51. The van der Waals surface area contributed by atoms with Crippen molar-refractivity contribution in [2.24, 2.45) is 5.73 Å². The largest absolute Gasteiger partial charge is 0.478 e. The van der Waals surface area contributed by atoms with Crippen LogP contribution >= 0.6 is 0 Å². The summed E-state index contributed by atoms with van der Waals surface area (Å²) < 4.78 is 1.03. The van der Waals surface area contributed by atoms with E-state index in [4.69, 9.17) is 10.8 Å². The third kappa shape index (κ3) is 2.32. The highest BCUT2D eigenvalue weighted by Gasteiger charge is 2.19. The molecule has 1 amide bonds. The molecule has 0 bridgehead atoms. The van der Waals surface area contributed by atoms with E-state index in [2.05, 4.69) is 5.10 Å². The van der Waals surface area contributed by atoms with E-state index < -0.39 is 16.8 Å². The molecular weight excluding hydrogens is 268 g/mol. The van der Waals surface area contributed by atoms with E-state index in [0.29, 0.717) is 0 Å². The molecule has 0 fully saturated rings. The number of nitrogens with two attached hydrogens (primary N) is 1. The first kappa shape index (κ1) is 13.2. The number of carboxylic acid groups (broad SMARTS) is 1. The Labute approximate surface area is 111 Å². The second-order valence-corrected chi connectivity index (χ2v) is 3.78. The first-order valence-electron chi connectivity index (χ1n) is 5.27. The molecule has 0 spiro atoms. The summed E-state index contributed by atoms with van der Waals surface area (Å²) in [6, 6.07) is 4.55. The van der Waals surface area contributed by atoms with Crippen LogP contribution in [0.1, 0.15) is 20.8 Å². The van der Waals surface area contributed by atoms with Gasteiger partial charge in [0.2, 0.25) is 0 Å². The minimum absolute atomic E-state index is 0.0672. The molecular formula is C11H8N4O5. The molecule has 0 radical (unpaired) electrons. The van der Waals surface area contributed by atoms with Crippen LogP contribution < -0.4 is 5.73 Å². The Morgan fingerprint density at radius 1 is 1.35 bits per heavy atom. The monoisotopic (exact) mass is 276 g/mol. The van der Waals surface area contributed by atoms with Crippen LogP contribution in [0.3, 0.4) is 0 Å². The number of aromatic carboxylic acids is 1. The molecule has 0 unspecified atom stereocenters. The second-order valence-electron chi connectivity index (χ2n) is 3.78. The zero-order valence-electron chi connectivity index (χ0n) is 9.89.